The van der Waals surface area contributed by atoms with E-state index in [1.165, 1.54) is 0 Å². The van der Waals surface area contributed by atoms with E-state index in [9.17, 15) is 24.3 Å². The Morgan fingerprint density at radius 3 is 2.19 bits per heavy atom. The molecule has 3 aliphatic heterocycles. The summed E-state index contributed by atoms with van der Waals surface area (Å²) in [5, 5.41) is 13.3. The van der Waals surface area contributed by atoms with E-state index in [1.807, 2.05) is 41.0 Å². The van der Waals surface area contributed by atoms with Crippen LogP contribution >= 0.6 is 31.9 Å². The van der Waals surface area contributed by atoms with Gasteiger partial charge in [-0.25, -0.2) is 9.59 Å². The van der Waals surface area contributed by atoms with Crippen LogP contribution in [0, 0.1) is 17.8 Å². The molecule has 11 nitrogen and oxygen atoms in total. The molecule has 1 saturated carbocycles. The van der Waals surface area contributed by atoms with Crippen molar-refractivity contribution >= 4 is 61.5 Å². The van der Waals surface area contributed by atoms with E-state index in [1.54, 1.807) is 17.0 Å². The molecule has 282 valence electrons. The van der Waals surface area contributed by atoms with Crippen molar-refractivity contribution in [3.05, 3.63) is 56.5 Å². The van der Waals surface area contributed by atoms with Gasteiger partial charge in [-0.15, -0.1) is 0 Å². The Hall–Kier alpha value is -3.32. The van der Waals surface area contributed by atoms with Crippen LogP contribution in [0.2, 0.25) is 0 Å². The van der Waals surface area contributed by atoms with E-state index < -0.39 is 12.2 Å². The van der Waals surface area contributed by atoms with Crippen LogP contribution in [0.4, 0.5) is 15.3 Å². The zero-order chi connectivity index (χ0) is 36.8. The average molecular weight is 847 g/mol. The maximum absolute atomic E-state index is 14.1. The summed E-state index contributed by atoms with van der Waals surface area (Å²) in [7, 11) is 0. The van der Waals surface area contributed by atoms with Crippen LogP contribution in [-0.4, -0.2) is 95.3 Å². The number of likely N-dealkylation sites (tertiary alicyclic amines) is 2. The van der Waals surface area contributed by atoms with Crippen LogP contribution in [0.1, 0.15) is 75.8 Å². The number of amides is 4. The number of esters is 1. The molecule has 52 heavy (non-hydrogen) atoms. The van der Waals surface area contributed by atoms with Crippen molar-refractivity contribution < 1.29 is 33.8 Å². The number of benzene rings is 2. The number of phenols is 1. The zero-order valence-electron chi connectivity index (χ0n) is 29.9. The summed E-state index contributed by atoms with van der Waals surface area (Å²) in [4.78, 5) is 58.2. The highest BCUT2D eigenvalue weighted by atomic mass is 79.9. The van der Waals surface area contributed by atoms with Gasteiger partial charge in [0.2, 0.25) is 0 Å². The summed E-state index contributed by atoms with van der Waals surface area (Å²) in [6.07, 6.45) is 7.18. The molecule has 6 rings (SSSR count). The highest BCUT2D eigenvalue weighted by Crippen LogP contribution is 2.39. The Morgan fingerprint density at radius 2 is 1.52 bits per heavy atom. The minimum Gasteiger partial charge on any atom is -0.506 e. The lowest BCUT2D eigenvalue weighted by Gasteiger charge is -2.40. The Kier molecular flexibility index (Phi) is 13.1. The molecule has 2 aromatic carbocycles. The van der Waals surface area contributed by atoms with E-state index in [2.05, 4.69) is 37.2 Å². The van der Waals surface area contributed by atoms with E-state index in [0.717, 1.165) is 61.8 Å². The van der Waals surface area contributed by atoms with Gasteiger partial charge < -0.3 is 34.6 Å². The van der Waals surface area contributed by atoms with Gasteiger partial charge in [0.25, 0.3) is 5.91 Å². The number of phenolic OH excluding ortho intramolecular Hbond substituents is 1. The van der Waals surface area contributed by atoms with Crippen molar-refractivity contribution in [1.82, 2.24) is 14.7 Å². The number of nitrogens with one attached hydrogen (secondary N) is 1. The molecule has 1 atom stereocenters. The molecule has 0 unspecified atom stereocenters. The molecule has 1 aliphatic carbocycles. The lowest BCUT2D eigenvalue weighted by atomic mass is 9.72. The predicted molar refractivity (Wildman–Crippen MR) is 204 cm³/mol. The largest absolute Gasteiger partial charge is 0.506 e. The van der Waals surface area contributed by atoms with E-state index in [-0.39, 0.29) is 36.1 Å². The van der Waals surface area contributed by atoms with E-state index in [4.69, 9.17) is 9.47 Å². The predicted octanol–water partition coefficient (Wildman–Crippen LogP) is 7.52. The van der Waals surface area contributed by atoms with Gasteiger partial charge in [0.15, 0.2) is 6.10 Å². The number of fused-ring (bicyclic) bond motifs is 1. The molecule has 0 bridgehead atoms. The Morgan fingerprint density at radius 1 is 0.885 bits per heavy atom. The average Bonchev–Trinajstić information content (AvgIpc) is 3.31. The highest BCUT2D eigenvalue weighted by molar-refractivity contribution is 9.11. The van der Waals surface area contributed by atoms with Gasteiger partial charge in [0.1, 0.15) is 5.75 Å². The van der Waals surface area contributed by atoms with Crippen molar-refractivity contribution in [3.8, 4) is 5.75 Å². The number of hydrogen-bond donors (Lipinski definition) is 2. The SMILES string of the molecule is CCOC(=O)CC1CCC(C2CCN(C(=O)[C@@H](Cc3cc(Br)c(O)c(Br)c3)OC(=O)N3CCC(N4CCc5ccccc5NC4=O)CC3)CC2)CC1. The third-order valence-corrected chi connectivity index (χ3v) is 12.7. The monoisotopic (exact) mass is 844 g/mol. The molecule has 2 N–H and O–H groups in total. The first-order valence-corrected chi connectivity index (χ1v) is 20.4. The first-order chi connectivity index (χ1) is 25.1. The second kappa shape index (κ2) is 17.7. The fraction of sp³-hybridized carbons (Fsp3) is 0.590. The third-order valence-electron chi connectivity index (χ3n) is 11.5. The summed E-state index contributed by atoms with van der Waals surface area (Å²) >= 11 is 6.78. The van der Waals surface area contributed by atoms with Crippen LogP contribution in [0.3, 0.4) is 0 Å². The number of carbonyl (C=O) groups excluding carboxylic acids is 4. The minimum atomic E-state index is -1.03. The summed E-state index contributed by atoms with van der Waals surface area (Å²) in [5.41, 5.74) is 2.70. The summed E-state index contributed by atoms with van der Waals surface area (Å²) in [6.45, 7) is 4.93. The lowest BCUT2D eigenvalue weighted by molar-refractivity contribution is -0.144. The number of halogens is 2. The zero-order valence-corrected chi connectivity index (χ0v) is 33.0. The maximum Gasteiger partial charge on any atom is 0.410 e. The Balaban J connectivity index is 1.05. The fourth-order valence-electron chi connectivity index (χ4n) is 8.54. The van der Waals surface area contributed by atoms with Gasteiger partial charge in [-0.3, -0.25) is 9.59 Å². The van der Waals surface area contributed by atoms with Gasteiger partial charge in [-0.05, 0) is 144 Å². The van der Waals surface area contributed by atoms with E-state index in [0.29, 0.717) is 85.3 Å². The van der Waals surface area contributed by atoms with Gasteiger partial charge in [-0.1, -0.05) is 18.2 Å². The number of aromatic hydroxyl groups is 1. The topological polar surface area (TPSA) is 129 Å². The van der Waals surface area contributed by atoms with Gasteiger partial charge in [-0.2, -0.15) is 0 Å². The fourth-order valence-corrected chi connectivity index (χ4v) is 9.82. The van der Waals surface area contributed by atoms with Crippen LogP contribution in [0.15, 0.2) is 45.3 Å². The molecular formula is C39H50Br2N4O7. The summed E-state index contributed by atoms with van der Waals surface area (Å²) < 4.78 is 12.2. The number of nitrogens with zero attached hydrogens (tertiary/aromatic N) is 3. The molecule has 2 aromatic rings. The van der Waals surface area contributed by atoms with Crippen molar-refractivity contribution in [2.45, 2.75) is 89.7 Å². The van der Waals surface area contributed by atoms with Crippen molar-refractivity contribution in [3.63, 3.8) is 0 Å². The van der Waals surface area contributed by atoms with Crippen molar-refractivity contribution in [1.29, 1.82) is 0 Å². The second-order valence-corrected chi connectivity index (χ2v) is 16.4. The van der Waals surface area contributed by atoms with E-state index >= 15 is 0 Å². The number of rotatable bonds is 9. The minimum absolute atomic E-state index is 0.00333. The molecule has 4 amide bonds. The standard InChI is InChI=1S/C39H50Br2N4O7/c1-2-51-35(46)24-25-7-9-27(10-8-25)28-11-16-43(17-12-28)37(48)34(23-26-21-31(40)36(47)32(41)22-26)52-39(50)44-18-14-30(15-19-44)45-20-13-29-5-3-4-6-33(29)42-38(45)49/h3-6,21-22,25,27-28,30,34,47H,2,7-20,23-24H2,1H3,(H,42,49)/t25?,27?,34-/m1/s1. The number of para-hydroxylation sites is 1. The first-order valence-electron chi connectivity index (χ1n) is 18.8. The maximum atomic E-state index is 14.1. The van der Waals surface area contributed by atoms with Crippen LogP contribution in [-0.2, 0) is 31.9 Å². The third kappa shape index (κ3) is 9.42. The summed E-state index contributed by atoms with van der Waals surface area (Å²) in [5.74, 6) is 1.27. The molecule has 2 saturated heterocycles. The van der Waals surface area contributed by atoms with Gasteiger partial charge in [0.05, 0.1) is 15.6 Å². The van der Waals surface area contributed by atoms with Gasteiger partial charge in [0, 0.05) is 57.3 Å². The number of carbonyl (C=O) groups is 4. The molecule has 13 heteroatoms. The molecule has 0 aromatic heterocycles. The molecule has 0 radical (unpaired) electrons. The van der Waals surface area contributed by atoms with Crippen LogP contribution in [0.5, 0.6) is 5.75 Å². The molecule has 3 fully saturated rings. The molecular weight excluding hydrogens is 796 g/mol. The van der Waals surface area contributed by atoms with Gasteiger partial charge >= 0.3 is 18.1 Å². The smallest absolute Gasteiger partial charge is 0.410 e. The first kappa shape index (κ1) is 38.4. The quantitative estimate of drug-likeness (QED) is 0.250. The van der Waals surface area contributed by atoms with Crippen LogP contribution < -0.4 is 5.32 Å². The molecule has 3 heterocycles. The van der Waals surface area contributed by atoms with Crippen molar-refractivity contribution in [2.75, 3.05) is 44.6 Å². The number of anilines is 1. The second-order valence-electron chi connectivity index (χ2n) is 14.7. The number of hydrogen-bond acceptors (Lipinski definition) is 7. The van der Waals surface area contributed by atoms with Crippen molar-refractivity contribution in [2.24, 2.45) is 17.8 Å². The number of ether oxygens (including phenoxy) is 2. The summed E-state index contributed by atoms with van der Waals surface area (Å²) in [6, 6.07) is 11.2. The normalized spacial score (nSPS) is 22.2. The lowest BCUT2D eigenvalue weighted by Crippen LogP contribution is -2.51. The molecule has 0 spiro atoms. The van der Waals surface area contributed by atoms with Crippen LogP contribution in [0.25, 0.3) is 0 Å². The highest BCUT2D eigenvalue weighted by Gasteiger charge is 2.37. The Labute approximate surface area is 323 Å². The Bertz CT molecular complexity index is 1580. The molecule has 4 aliphatic rings. The number of urea groups is 1. The number of piperidine rings is 2.